The minimum absolute atomic E-state index is 0.0450. The maximum atomic E-state index is 12.3. The van der Waals surface area contributed by atoms with Gasteiger partial charge in [-0.05, 0) is 36.8 Å². The number of nitrogens with zero attached hydrogens (tertiary/aromatic N) is 2. The number of nitrogens with one attached hydrogen (secondary N) is 1. The molecule has 1 aromatic rings. The molecule has 1 unspecified atom stereocenters. The van der Waals surface area contributed by atoms with Gasteiger partial charge in [0.25, 0.3) is 0 Å². The molecule has 0 bridgehead atoms. The van der Waals surface area contributed by atoms with Gasteiger partial charge in [0.2, 0.25) is 11.8 Å². The molecule has 2 amide bonds. The third kappa shape index (κ3) is 2.59. The molecule has 1 aromatic heterocycles. The lowest BCUT2D eigenvalue weighted by Gasteiger charge is -2.32. The van der Waals surface area contributed by atoms with Crippen molar-refractivity contribution in [3.63, 3.8) is 0 Å². The normalized spacial score (nSPS) is 23.4. The highest BCUT2D eigenvalue weighted by molar-refractivity contribution is 5.95. The third-order valence-electron chi connectivity index (χ3n) is 3.63. The number of hydrogen-bond acceptors (Lipinski definition) is 3. The van der Waals surface area contributed by atoms with Gasteiger partial charge in [-0.3, -0.25) is 14.6 Å². The summed E-state index contributed by atoms with van der Waals surface area (Å²) in [4.78, 5) is 29.8. The Morgan fingerprint density at radius 3 is 2.84 bits per heavy atom. The second-order valence-corrected chi connectivity index (χ2v) is 5.45. The van der Waals surface area contributed by atoms with Crippen molar-refractivity contribution in [2.45, 2.75) is 32.4 Å². The molecule has 3 rings (SSSR count). The standard InChI is InChI=1S/C14H17N3O2/c1-9-4-10(6-15-5-9)7-17-8-12(18)16-13(14(17)19)11-2-3-11/h4-6,11,13H,2-3,7-8H2,1H3,(H,16,18). The van der Waals surface area contributed by atoms with Crippen molar-refractivity contribution in [3.8, 4) is 0 Å². The van der Waals surface area contributed by atoms with E-state index >= 15 is 0 Å². The maximum Gasteiger partial charge on any atom is 0.246 e. The van der Waals surface area contributed by atoms with Gasteiger partial charge in [0, 0.05) is 18.9 Å². The Labute approximate surface area is 112 Å². The first-order valence-corrected chi connectivity index (χ1v) is 6.62. The van der Waals surface area contributed by atoms with E-state index in [0.29, 0.717) is 12.5 Å². The van der Waals surface area contributed by atoms with Crippen LogP contribution in [0.5, 0.6) is 0 Å². The van der Waals surface area contributed by atoms with E-state index in [1.807, 2.05) is 13.0 Å². The zero-order valence-corrected chi connectivity index (χ0v) is 10.9. The van der Waals surface area contributed by atoms with Gasteiger partial charge in [-0.1, -0.05) is 6.07 Å². The van der Waals surface area contributed by atoms with E-state index in [0.717, 1.165) is 24.0 Å². The number of pyridine rings is 1. The Balaban J connectivity index is 1.75. The highest BCUT2D eigenvalue weighted by Gasteiger charge is 2.42. The van der Waals surface area contributed by atoms with Crippen LogP contribution < -0.4 is 5.32 Å². The minimum atomic E-state index is -0.306. The fraction of sp³-hybridized carbons (Fsp3) is 0.500. The first-order valence-electron chi connectivity index (χ1n) is 6.62. The monoisotopic (exact) mass is 259 g/mol. The van der Waals surface area contributed by atoms with Crippen LogP contribution in [-0.4, -0.2) is 34.3 Å². The highest BCUT2D eigenvalue weighted by Crippen LogP contribution is 2.34. The lowest BCUT2D eigenvalue weighted by Crippen LogP contribution is -2.58. The van der Waals surface area contributed by atoms with Crippen LogP contribution in [-0.2, 0) is 16.1 Å². The number of rotatable bonds is 3. The van der Waals surface area contributed by atoms with Crippen molar-refractivity contribution < 1.29 is 9.59 Å². The summed E-state index contributed by atoms with van der Waals surface area (Å²) >= 11 is 0. The molecule has 1 saturated heterocycles. The van der Waals surface area contributed by atoms with Gasteiger partial charge in [-0.2, -0.15) is 0 Å². The Hall–Kier alpha value is -1.91. The Bertz CT molecular complexity index is 525. The number of aromatic nitrogens is 1. The number of carbonyl (C=O) groups excluding carboxylic acids is 2. The summed E-state index contributed by atoms with van der Waals surface area (Å²) in [5, 5.41) is 2.81. The second-order valence-electron chi connectivity index (χ2n) is 5.45. The molecule has 0 radical (unpaired) electrons. The molecule has 0 aromatic carbocycles. The highest BCUT2D eigenvalue weighted by atomic mass is 16.2. The number of carbonyl (C=O) groups is 2. The van der Waals surface area contributed by atoms with Crippen LogP contribution >= 0.6 is 0 Å². The van der Waals surface area contributed by atoms with Gasteiger partial charge in [0.15, 0.2) is 0 Å². The minimum Gasteiger partial charge on any atom is -0.342 e. The zero-order chi connectivity index (χ0) is 13.4. The number of hydrogen-bond donors (Lipinski definition) is 1. The molecule has 5 nitrogen and oxygen atoms in total. The predicted octanol–water partition coefficient (Wildman–Crippen LogP) is 0.627. The van der Waals surface area contributed by atoms with Crippen LogP contribution in [0.1, 0.15) is 24.0 Å². The molecule has 1 saturated carbocycles. The molecule has 5 heteroatoms. The Morgan fingerprint density at radius 1 is 1.37 bits per heavy atom. The van der Waals surface area contributed by atoms with E-state index in [9.17, 15) is 9.59 Å². The molecule has 1 atom stereocenters. The van der Waals surface area contributed by atoms with E-state index in [2.05, 4.69) is 10.3 Å². The van der Waals surface area contributed by atoms with Gasteiger partial charge >= 0.3 is 0 Å². The van der Waals surface area contributed by atoms with Gasteiger partial charge in [-0.15, -0.1) is 0 Å². The molecule has 0 spiro atoms. The zero-order valence-electron chi connectivity index (χ0n) is 10.9. The van der Waals surface area contributed by atoms with Crippen molar-refractivity contribution in [2.24, 2.45) is 5.92 Å². The molecular formula is C14H17N3O2. The molecule has 2 heterocycles. The quantitative estimate of drug-likeness (QED) is 0.866. The van der Waals surface area contributed by atoms with Crippen molar-refractivity contribution in [1.29, 1.82) is 0 Å². The van der Waals surface area contributed by atoms with Gasteiger partial charge in [0.05, 0.1) is 6.54 Å². The molecule has 1 aliphatic carbocycles. The number of piperazine rings is 1. The molecule has 19 heavy (non-hydrogen) atoms. The topological polar surface area (TPSA) is 62.3 Å². The van der Waals surface area contributed by atoms with Crippen LogP contribution in [0.3, 0.4) is 0 Å². The maximum absolute atomic E-state index is 12.3. The van der Waals surface area contributed by atoms with E-state index < -0.39 is 0 Å². The third-order valence-corrected chi connectivity index (χ3v) is 3.63. The van der Waals surface area contributed by atoms with Crippen LogP contribution in [0.4, 0.5) is 0 Å². The van der Waals surface area contributed by atoms with Crippen molar-refractivity contribution in [1.82, 2.24) is 15.2 Å². The number of amides is 2. The number of aryl methyl sites for hydroxylation is 1. The molecule has 100 valence electrons. The molecule has 2 fully saturated rings. The van der Waals surface area contributed by atoms with Crippen molar-refractivity contribution in [2.75, 3.05) is 6.54 Å². The average Bonchev–Trinajstić information content (AvgIpc) is 3.17. The summed E-state index contributed by atoms with van der Waals surface area (Å²) in [7, 11) is 0. The Morgan fingerprint density at radius 2 is 2.16 bits per heavy atom. The van der Waals surface area contributed by atoms with Crippen LogP contribution in [0.2, 0.25) is 0 Å². The summed E-state index contributed by atoms with van der Waals surface area (Å²) in [6, 6.07) is 1.69. The fourth-order valence-electron chi connectivity index (χ4n) is 2.54. The lowest BCUT2D eigenvalue weighted by molar-refractivity contribution is -0.145. The molecule has 1 N–H and O–H groups in total. The molecule has 2 aliphatic rings. The smallest absolute Gasteiger partial charge is 0.246 e. The van der Waals surface area contributed by atoms with E-state index in [1.165, 1.54) is 0 Å². The summed E-state index contributed by atoms with van der Waals surface area (Å²) < 4.78 is 0. The largest absolute Gasteiger partial charge is 0.342 e. The predicted molar refractivity (Wildman–Crippen MR) is 69.0 cm³/mol. The van der Waals surface area contributed by atoms with E-state index in [1.54, 1.807) is 17.3 Å². The van der Waals surface area contributed by atoms with E-state index in [-0.39, 0.29) is 24.4 Å². The molecular weight excluding hydrogens is 242 g/mol. The van der Waals surface area contributed by atoms with Gasteiger partial charge in [-0.25, -0.2) is 0 Å². The summed E-state index contributed by atoms with van der Waals surface area (Å²) in [6.45, 7) is 2.58. The van der Waals surface area contributed by atoms with Crippen molar-refractivity contribution in [3.05, 3.63) is 29.6 Å². The van der Waals surface area contributed by atoms with Crippen LogP contribution in [0, 0.1) is 12.8 Å². The fourth-order valence-corrected chi connectivity index (χ4v) is 2.54. The van der Waals surface area contributed by atoms with Crippen LogP contribution in [0.15, 0.2) is 18.5 Å². The second kappa shape index (κ2) is 4.64. The SMILES string of the molecule is Cc1cncc(CN2CC(=O)NC(C3CC3)C2=O)c1. The van der Waals surface area contributed by atoms with Crippen LogP contribution in [0.25, 0.3) is 0 Å². The van der Waals surface area contributed by atoms with Gasteiger partial charge < -0.3 is 10.2 Å². The Kier molecular flexibility index (Phi) is 2.97. The first-order chi connectivity index (χ1) is 9.13. The lowest BCUT2D eigenvalue weighted by atomic mass is 10.1. The summed E-state index contributed by atoms with van der Waals surface area (Å²) in [5.74, 6) is 0.329. The van der Waals surface area contributed by atoms with Gasteiger partial charge in [0.1, 0.15) is 6.04 Å². The van der Waals surface area contributed by atoms with Crippen molar-refractivity contribution >= 4 is 11.8 Å². The summed E-state index contributed by atoms with van der Waals surface area (Å²) in [5.41, 5.74) is 2.03. The first kappa shape index (κ1) is 12.1. The summed E-state index contributed by atoms with van der Waals surface area (Å²) in [6.07, 6.45) is 5.60. The molecule has 1 aliphatic heterocycles. The average molecular weight is 259 g/mol. The van der Waals surface area contributed by atoms with E-state index in [4.69, 9.17) is 0 Å².